The van der Waals surface area contributed by atoms with Crippen LogP contribution in [0.15, 0.2) is 4.42 Å². The van der Waals surface area contributed by atoms with Gasteiger partial charge in [0.25, 0.3) is 0 Å². The van der Waals surface area contributed by atoms with E-state index in [0.29, 0.717) is 24.5 Å². The average molecular weight is 260 g/mol. The van der Waals surface area contributed by atoms with Crippen molar-refractivity contribution in [1.29, 1.82) is 0 Å². The molecule has 0 aromatic carbocycles. The first-order valence-electron chi connectivity index (χ1n) is 6.07. The molecule has 5 nitrogen and oxygen atoms in total. The second-order valence-electron chi connectivity index (χ2n) is 4.39. The van der Waals surface area contributed by atoms with E-state index in [1.165, 1.54) is 12.8 Å². The Hall–Kier alpha value is -0.810. The zero-order valence-electron chi connectivity index (χ0n) is 9.97. The van der Waals surface area contributed by atoms with Gasteiger partial charge in [-0.3, -0.25) is 0 Å². The van der Waals surface area contributed by atoms with Crippen molar-refractivity contribution in [1.82, 2.24) is 10.2 Å². The van der Waals surface area contributed by atoms with Crippen molar-refractivity contribution < 1.29 is 9.52 Å². The largest absolute Gasteiger partial charge is 0.406 e. The van der Waals surface area contributed by atoms with Gasteiger partial charge in [-0.2, -0.15) is 0 Å². The van der Waals surface area contributed by atoms with Gasteiger partial charge in [0.05, 0.1) is 6.61 Å². The maximum atomic E-state index is 9.12. The molecule has 1 fully saturated rings. The molecule has 1 aromatic rings. The molecule has 0 radical (unpaired) electrons. The van der Waals surface area contributed by atoms with Gasteiger partial charge in [0, 0.05) is 12.6 Å². The molecule has 1 N–H and O–H groups in total. The van der Waals surface area contributed by atoms with Gasteiger partial charge >= 0.3 is 6.01 Å². The summed E-state index contributed by atoms with van der Waals surface area (Å²) in [6.45, 7) is 2.42. The summed E-state index contributed by atoms with van der Waals surface area (Å²) in [7, 11) is 0. The van der Waals surface area contributed by atoms with E-state index in [1.807, 2.05) is 4.90 Å². The van der Waals surface area contributed by atoms with Gasteiger partial charge < -0.3 is 14.4 Å². The second kappa shape index (κ2) is 5.69. The molecule has 0 amide bonds. The Morgan fingerprint density at radius 2 is 2.18 bits per heavy atom. The van der Waals surface area contributed by atoms with E-state index in [0.717, 1.165) is 12.8 Å². The monoisotopic (exact) mass is 259 g/mol. The lowest BCUT2D eigenvalue weighted by Crippen LogP contribution is -2.35. The lowest BCUT2D eigenvalue weighted by atomic mass is 10.2. The van der Waals surface area contributed by atoms with Crippen LogP contribution in [0.25, 0.3) is 0 Å². The lowest BCUT2D eigenvalue weighted by molar-refractivity contribution is 0.292. The zero-order chi connectivity index (χ0) is 12.3. The van der Waals surface area contributed by atoms with Crippen LogP contribution >= 0.6 is 11.6 Å². The molecule has 0 saturated heterocycles. The first kappa shape index (κ1) is 12.6. The van der Waals surface area contributed by atoms with Crippen LogP contribution in [-0.4, -0.2) is 34.5 Å². The van der Waals surface area contributed by atoms with Crippen LogP contribution < -0.4 is 4.90 Å². The Labute approximate surface area is 106 Å². The van der Waals surface area contributed by atoms with Gasteiger partial charge in [-0.05, 0) is 19.8 Å². The normalized spacial score (nSPS) is 18.5. The van der Waals surface area contributed by atoms with Crippen LogP contribution in [0.1, 0.15) is 43.9 Å². The molecule has 1 unspecified atom stereocenters. The summed E-state index contributed by atoms with van der Waals surface area (Å²) in [5, 5.41) is 16.8. The van der Waals surface area contributed by atoms with Crippen molar-refractivity contribution in [3.05, 3.63) is 5.89 Å². The van der Waals surface area contributed by atoms with E-state index in [1.54, 1.807) is 6.92 Å². The highest BCUT2D eigenvalue weighted by Crippen LogP contribution is 2.28. The Kier molecular flexibility index (Phi) is 4.23. The van der Waals surface area contributed by atoms with Crippen LogP contribution in [0.2, 0.25) is 0 Å². The van der Waals surface area contributed by atoms with Crippen molar-refractivity contribution in [3.8, 4) is 0 Å². The molecule has 1 aromatic heterocycles. The van der Waals surface area contributed by atoms with Crippen molar-refractivity contribution >= 4 is 17.6 Å². The summed E-state index contributed by atoms with van der Waals surface area (Å²) < 4.78 is 5.53. The molecule has 6 heteroatoms. The fraction of sp³-hybridized carbons (Fsp3) is 0.818. The number of aromatic nitrogens is 2. The number of rotatable bonds is 5. The minimum Gasteiger partial charge on any atom is -0.406 e. The highest BCUT2D eigenvalue weighted by molar-refractivity contribution is 6.20. The predicted molar refractivity (Wildman–Crippen MR) is 65.3 cm³/mol. The van der Waals surface area contributed by atoms with Crippen molar-refractivity contribution in [3.63, 3.8) is 0 Å². The SMILES string of the molecule is CC(Cl)c1nnc(N(CCO)C2CCCC2)o1. The number of aliphatic hydroxyl groups is 1. The first-order valence-corrected chi connectivity index (χ1v) is 6.51. The maximum Gasteiger partial charge on any atom is 0.318 e. The topological polar surface area (TPSA) is 62.4 Å². The summed E-state index contributed by atoms with van der Waals surface area (Å²) in [4.78, 5) is 2.00. The highest BCUT2D eigenvalue weighted by Gasteiger charge is 2.26. The average Bonchev–Trinajstić information content (AvgIpc) is 2.97. The third-order valence-electron chi connectivity index (χ3n) is 3.12. The molecule has 2 rings (SSSR count). The van der Waals surface area contributed by atoms with Crippen molar-refractivity contribution in [2.45, 2.75) is 44.0 Å². The molecule has 96 valence electrons. The molecule has 1 aliphatic carbocycles. The standard InChI is InChI=1S/C11H18ClN3O2/c1-8(12)10-13-14-11(17-10)15(6-7-16)9-4-2-3-5-9/h8-9,16H,2-7H2,1H3. The Morgan fingerprint density at radius 3 is 2.71 bits per heavy atom. The molecular weight excluding hydrogens is 242 g/mol. The molecule has 1 saturated carbocycles. The van der Waals surface area contributed by atoms with Crippen LogP contribution in [0, 0.1) is 0 Å². The number of anilines is 1. The number of halogens is 1. The Morgan fingerprint density at radius 1 is 1.47 bits per heavy atom. The van der Waals surface area contributed by atoms with E-state index in [4.69, 9.17) is 21.1 Å². The molecular formula is C11H18ClN3O2. The van der Waals surface area contributed by atoms with E-state index >= 15 is 0 Å². The predicted octanol–water partition coefficient (Wildman–Crippen LogP) is 2.11. The Bertz CT molecular complexity index is 350. The second-order valence-corrected chi connectivity index (χ2v) is 5.05. The number of nitrogens with zero attached hydrogens (tertiary/aromatic N) is 3. The number of aliphatic hydroxyl groups excluding tert-OH is 1. The number of alkyl halides is 1. The van der Waals surface area contributed by atoms with Gasteiger partial charge in [0.1, 0.15) is 5.38 Å². The van der Waals surface area contributed by atoms with Gasteiger partial charge in [0.2, 0.25) is 5.89 Å². The molecule has 1 atom stereocenters. The summed E-state index contributed by atoms with van der Waals surface area (Å²) in [5.74, 6) is 0.433. The first-order chi connectivity index (χ1) is 8.22. The fourth-order valence-corrected chi connectivity index (χ4v) is 2.35. The molecule has 1 heterocycles. The summed E-state index contributed by atoms with van der Waals surface area (Å²) in [6, 6.07) is 0.884. The van der Waals surface area contributed by atoms with Crippen LogP contribution in [0.5, 0.6) is 0 Å². The van der Waals surface area contributed by atoms with Crippen molar-refractivity contribution in [2.24, 2.45) is 0 Å². The minimum atomic E-state index is -0.282. The third-order valence-corrected chi connectivity index (χ3v) is 3.31. The molecule has 17 heavy (non-hydrogen) atoms. The summed E-state index contributed by atoms with van der Waals surface area (Å²) in [5.41, 5.74) is 0. The third kappa shape index (κ3) is 2.90. The number of hydrogen-bond donors (Lipinski definition) is 1. The van der Waals surface area contributed by atoms with E-state index in [2.05, 4.69) is 10.2 Å². The molecule has 1 aliphatic rings. The van der Waals surface area contributed by atoms with Gasteiger partial charge in [-0.1, -0.05) is 17.9 Å². The van der Waals surface area contributed by atoms with E-state index < -0.39 is 0 Å². The minimum absolute atomic E-state index is 0.0879. The molecule has 0 spiro atoms. The highest BCUT2D eigenvalue weighted by atomic mass is 35.5. The summed E-state index contributed by atoms with van der Waals surface area (Å²) >= 11 is 5.89. The zero-order valence-corrected chi connectivity index (χ0v) is 10.7. The van der Waals surface area contributed by atoms with Crippen LogP contribution in [0.4, 0.5) is 6.01 Å². The van der Waals surface area contributed by atoms with Gasteiger partial charge in [-0.25, -0.2) is 0 Å². The van der Waals surface area contributed by atoms with Crippen LogP contribution in [0.3, 0.4) is 0 Å². The van der Waals surface area contributed by atoms with Gasteiger partial charge in [0.15, 0.2) is 0 Å². The van der Waals surface area contributed by atoms with E-state index in [9.17, 15) is 0 Å². The van der Waals surface area contributed by atoms with Gasteiger partial charge in [-0.15, -0.1) is 16.7 Å². The quantitative estimate of drug-likeness (QED) is 0.821. The Balaban J connectivity index is 2.13. The summed E-state index contributed by atoms with van der Waals surface area (Å²) in [6.07, 6.45) is 4.68. The number of hydrogen-bond acceptors (Lipinski definition) is 5. The molecule has 0 aliphatic heterocycles. The molecule has 0 bridgehead atoms. The van der Waals surface area contributed by atoms with E-state index in [-0.39, 0.29) is 12.0 Å². The van der Waals surface area contributed by atoms with Crippen LogP contribution in [-0.2, 0) is 0 Å². The van der Waals surface area contributed by atoms with Crippen molar-refractivity contribution in [2.75, 3.05) is 18.1 Å². The maximum absolute atomic E-state index is 9.12. The lowest BCUT2D eigenvalue weighted by Gasteiger charge is -2.25. The smallest absolute Gasteiger partial charge is 0.318 e. The fourth-order valence-electron chi connectivity index (χ4n) is 2.26.